The average molecular weight is 259 g/mol. The lowest BCUT2D eigenvalue weighted by atomic mass is 10.0. The third-order valence-corrected chi connectivity index (χ3v) is 2.50. The highest BCUT2D eigenvalue weighted by molar-refractivity contribution is 5.85. The van der Waals surface area contributed by atoms with E-state index in [9.17, 15) is 4.79 Å². The van der Waals surface area contributed by atoms with Crippen LogP contribution in [0.3, 0.4) is 0 Å². The van der Waals surface area contributed by atoms with Crippen molar-refractivity contribution in [2.75, 3.05) is 6.54 Å². The number of hydrogen-bond acceptors (Lipinski definition) is 3. The predicted octanol–water partition coefficient (Wildman–Crippen LogP) is 2.77. The Kier molecular flexibility index (Phi) is 4.09. The van der Waals surface area contributed by atoms with Crippen LogP contribution in [0.25, 0.3) is 0 Å². The molecule has 1 aliphatic heterocycles. The van der Waals surface area contributed by atoms with Crippen molar-refractivity contribution in [1.29, 1.82) is 0 Å². The molecule has 0 bridgehead atoms. The van der Waals surface area contributed by atoms with Gasteiger partial charge in [-0.2, -0.15) is 0 Å². The van der Waals surface area contributed by atoms with Gasteiger partial charge in [-0.1, -0.05) is 6.08 Å². The number of carbonyl (C=O) groups is 1. The molecule has 0 saturated heterocycles. The van der Waals surface area contributed by atoms with Crippen LogP contribution in [-0.4, -0.2) is 23.2 Å². The molecule has 2 rings (SSSR count). The first kappa shape index (κ1) is 13.9. The monoisotopic (exact) mass is 258 g/mol. The number of rotatable bonds is 0. The largest absolute Gasteiger partial charge is 0.442 e. The molecule has 1 aliphatic carbocycles. The van der Waals surface area contributed by atoms with Gasteiger partial charge in [0.25, 0.3) is 0 Å². The lowest BCUT2D eigenvalue weighted by Crippen LogP contribution is -2.41. The summed E-state index contributed by atoms with van der Waals surface area (Å²) in [6.45, 7) is 6.24. The zero-order valence-electron chi connectivity index (χ0n) is 10.4. The minimum atomic E-state index is -0.447. The third kappa shape index (κ3) is 3.40. The zero-order chi connectivity index (χ0) is 11.8. The molecule has 5 heteroatoms. The highest BCUT2D eigenvalue weighted by atomic mass is 35.5. The van der Waals surface area contributed by atoms with E-state index in [1.165, 1.54) is 10.6 Å². The second-order valence-corrected chi connectivity index (χ2v) is 5.14. The number of hydrazine groups is 1. The molecule has 0 spiro atoms. The van der Waals surface area contributed by atoms with Crippen molar-refractivity contribution in [3.8, 4) is 0 Å². The van der Waals surface area contributed by atoms with Crippen molar-refractivity contribution in [2.24, 2.45) is 0 Å². The van der Waals surface area contributed by atoms with Gasteiger partial charge < -0.3 is 4.74 Å². The lowest BCUT2D eigenvalue weighted by Gasteiger charge is -2.24. The van der Waals surface area contributed by atoms with Gasteiger partial charge in [0.1, 0.15) is 5.60 Å². The minimum Gasteiger partial charge on any atom is -0.442 e. The van der Waals surface area contributed by atoms with E-state index in [2.05, 4.69) is 11.5 Å². The standard InChI is InChI=1S/C12H18N2O2.ClH/c1-12(2,3)16-11(15)14-8-9-6-4-5-7-10(9)13-14;/h5,7,13H,4,6,8H2,1-3H3;1H. The number of nitrogens with zero attached hydrogens (tertiary/aromatic N) is 1. The molecule has 0 aromatic rings. The zero-order valence-corrected chi connectivity index (χ0v) is 11.3. The first-order valence-electron chi connectivity index (χ1n) is 5.61. The number of ether oxygens (including phenoxy) is 1. The van der Waals surface area contributed by atoms with Crippen LogP contribution in [0.4, 0.5) is 4.79 Å². The van der Waals surface area contributed by atoms with E-state index in [0.717, 1.165) is 18.5 Å². The van der Waals surface area contributed by atoms with Crippen LogP contribution in [0.15, 0.2) is 23.4 Å². The highest BCUT2D eigenvalue weighted by Gasteiger charge is 2.28. The van der Waals surface area contributed by atoms with Crippen LogP contribution >= 0.6 is 12.4 Å². The highest BCUT2D eigenvalue weighted by Crippen LogP contribution is 2.24. The summed E-state index contributed by atoms with van der Waals surface area (Å²) >= 11 is 0. The van der Waals surface area contributed by atoms with Crippen molar-refractivity contribution in [2.45, 2.75) is 39.2 Å². The molecule has 0 aromatic carbocycles. The summed E-state index contributed by atoms with van der Waals surface area (Å²) in [5.41, 5.74) is 4.96. The minimum absolute atomic E-state index is 0. The summed E-state index contributed by atoms with van der Waals surface area (Å²) in [6.07, 6.45) is 5.92. The lowest BCUT2D eigenvalue weighted by molar-refractivity contribution is 0.0216. The van der Waals surface area contributed by atoms with Crippen LogP contribution < -0.4 is 5.43 Å². The Morgan fingerprint density at radius 3 is 2.76 bits per heavy atom. The van der Waals surface area contributed by atoms with E-state index in [1.54, 1.807) is 0 Å². The molecule has 1 heterocycles. The van der Waals surface area contributed by atoms with Crippen molar-refractivity contribution >= 4 is 18.5 Å². The molecule has 0 saturated carbocycles. The second kappa shape index (κ2) is 5.00. The Labute approximate surface area is 108 Å². The summed E-state index contributed by atoms with van der Waals surface area (Å²) in [4.78, 5) is 11.8. The van der Waals surface area contributed by atoms with Gasteiger partial charge >= 0.3 is 6.09 Å². The van der Waals surface area contributed by atoms with Gasteiger partial charge in [-0.15, -0.1) is 12.4 Å². The van der Waals surface area contributed by atoms with Crippen molar-refractivity contribution in [1.82, 2.24) is 10.4 Å². The van der Waals surface area contributed by atoms with Gasteiger partial charge in [-0.25, -0.2) is 9.80 Å². The molecule has 0 unspecified atom stereocenters. The molecular weight excluding hydrogens is 240 g/mol. The van der Waals surface area contributed by atoms with Gasteiger partial charge in [0, 0.05) is 0 Å². The van der Waals surface area contributed by atoms with Crippen LogP contribution in [0, 0.1) is 0 Å². The molecule has 0 atom stereocenters. The van der Waals surface area contributed by atoms with E-state index < -0.39 is 5.60 Å². The van der Waals surface area contributed by atoms with E-state index in [4.69, 9.17) is 4.74 Å². The number of hydrogen-bond donors (Lipinski definition) is 1. The predicted molar refractivity (Wildman–Crippen MR) is 68.7 cm³/mol. The van der Waals surface area contributed by atoms with Crippen LogP contribution in [0.5, 0.6) is 0 Å². The summed E-state index contributed by atoms with van der Waals surface area (Å²) in [5.74, 6) is 0. The van der Waals surface area contributed by atoms with Crippen molar-refractivity contribution in [3.63, 3.8) is 0 Å². The van der Waals surface area contributed by atoms with Gasteiger partial charge in [-0.05, 0) is 45.3 Å². The van der Waals surface area contributed by atoms with E-state index in [1.807, 2.05) is 26.8 Å². The maximum Gasteiger partial charge on any atom is 0.429 e. The topological polar surface area (TPSA) is 41.6 Å². The first-order valence-corrected chi connectivity index (χ1v) is 5.61. The molecule has 1 amide bonds. The maximum absolute atomic E-state index is 11.8. The van der Waals surface area contributed by atoms with E-state index in [0.29, 0.717) is 6.54 Å². The van der Waals surface area contributed by atoms with Gasteiger partial charge in [0.05, 0.1) is 12.2 Å². The smallest absolute Gasteiger partial charge is 0.429 e. The fourth-order valence-corrected chi connectivity index (χ4v) is 1.79. The van der Waals surface area contributed by atoms with Crippen molar-refractivity contribution < 1.29 is 9.53 Å². The Hall–Kier alpha value is -1.16. The first-order chi connectivity index (χ1) is 7.46. The van der Waals surface area contributed by atoms with Gasteiger partial charge in [-0.3, -0.25) is 5.43 Å². The number of nitrogens with one attached hydrogen (secondary N) is 1. The Balaban J connectivity index is 0.00000144. The van der Waals surface area contributed by atoms with Crippen molar-refractivity contribution in [3.05, 3.63) is 23.4 Å². The molecule has 0 radical (unpaired) electrons. The van der Waals surface area contributed by atoms with Crippen LogP contribution in [0.1, 0.15) is 33.6 Å². The molecule has 1 N–H and O–H groups in total. The molecular formula is C12H19ClN2O2. The fourth-order valence-electron chi connectivity index (χ4n) is 1.79. The SMILES string of the molecule is CC(C)(C)OC(=O)N1CC2=C(C=CCC2)N1.Cl. The molecule has 0 fully saturated rings. The quantitative estimate of drug-likeness (QED) is 0.726. The van der Waals surface area contributed by atoms with E-state index >= 15 is 0 Å². The summed E-state index contributed by atoms with van der Waals surface area (Å²) < 4.78 is 5.30. The summed E-state index contributed by atoms with van der Waals surface area (Å²) in [6, 6.07) is 0. The Morgan fingerprint density at radius 1 is 1.47 bits per heavy atom. The normalized spacial score (nSPS) is 18.4. The number of amides is 1. The summed E-state index contributed by atoms with van der Waals surface area (Å²) in [5, 5.41) is 1.53. The molecule has 96 valence electrons. The fraction of sp³-hybridized carbons (Fsp3) is 0.583. The van der Waals surface area contributed by atoms with Crippen LogP contribution in [0.2, 0.25) is 0 Å². The maximum atomic E-state index is 11.8. The Bertz CT molecular complexity index is 369. The van der Waals surface area contributed by atoms with Gasteiger partial charge in [0.2, 0.25) is 0 Å². The second-order valence-electron chi connectivity index (χ2n) is 5.14. The van der Waals surface area contributed by atoms with Gasteiger partial charge in [0.15, 0.2) is 0 Å². The number of carbonyl (C=O) groups excluding carboxylic acids is 1. The molecule has 2 aliphatic rings. The molecule has 17 heavy (non-hydrogen) atoms. The number of halogens is 1. The average Bonchev–Trinajstić information content (AvgIpc) is 2.58. The molecule has 4 nitrogen and oxygen atoms in total. The number of allylic oxidation sites excluding steroid dienone is 2. The third-order valence-electron chi connectivity index (χ3n) is 2.50. The van der Waals surface area contributed by atoms with E-state index in [-0.39, 0.29) is 18.5 Å². The summed E-state index contributed by atoms with van der Waals surface area (Å²) in [7, 11) is 0. The molecule has 0 aromatic heterocycles. The Morgan fingerprint density at radius 2 is 2.18 bits per heavy atom. The van der Waals surface area contributed by atoms with Crippen LogP contribution in [-0.2, 0) is 4.74 Å².